The Labute approximate surface area is 427 Å². The summed E-state index contributed by atoms with van der Waals surface area (Å²) in [6, 6.07) is 21.3. The van der Waals surface area contributed by atoms with E-state index in [2.05, 4.69) is 51.4 Å². The van der Waals surface area contributed by atoms with E-state index < -0.39 is 12.1 Å². The van der Waals surface area contributed by atoms with E-state index in [1.54, 1.807) is 70.4 Å². The van der Waals surface area contributed by atoms with E-state index in [4.69, 9.17) is 20.4 Å². The summed E-state index contributed by atoms with van der Waals surface area (Å²) < 4.78 is 0. The number of hydrogen-bond acceptors (Lipinski definition) is 16. The molecule has 0 aliphatic heterocycles. The van der Waals surface area contributed by atoms with Crippen LogP contribution in [-0.2, 0) is 24.1 Å². The lowest BCUT2D eigenvalue weighted by atomic mass is 10.1. The third kappa shape index (κ3) is 28.1. The molecule has 0 bridgehead atoms. The van der Waals surface area contributed by atoms with Crippen LogP contribution in [0.1, 0.15) is 158 Å². The molecule has 0 saturated carbocycles. The maximum atomic E-state index is 9.76. The van der Waals surface area contributed by atoms with Crippen molar-refractivity contribution in [3.8, 4) is 49.0 Å². The first kappa shape index (κ1) is 61.2. The Kier molecular flexibility index (Phi) is 33.9. The van der Waals surface area contributed by atoms with E-state index in [1.165, 1.54) is 96.3 Å². The fraction of sp³-hybridized carbons (Fsp3) is 0.528. The number of benzene rings is 3. The average molecular weight is 1020 g/mol. The van der Waals surface area contributed by atoms with Crippen LogP contribution in [-0.4, -0.2) is 91.6 Å². The van der Waals surface area contributed by atoms with Crippen molar-refractivity contribution in [2.45, 2.75) is 169 Å². The Morgan fingerprint density at radius 3 is 0.914 bits per heavy atom. The van der Waals surface area contributed by atoms with Crippen molar-refractivity contribution >= 4 is 40.0 Å². The lowest BCUT2D eigenvalue weighted by molar-refractivity contribution is -0.137. The Morgan fingerprint density at radius 1 is 0.429 bits per heavy atom. The Balaban J connectivity index is 0.000000319. The number of aryl methyl sites for hydroxylation is 3. The van der Waals surface area contributed by atoms with E-state index in [1.807, 2.05) is 43.3 Å². The smallest absolute Gasteiger partial charge is 0.303 e. The summed E-state index contributed by atoms with van der Waals surface area (Å²) in [6.07, 6.45) is 23.4. The van der Waals surface area contributed by atoms with Gasteiger partial charge in [0.2, 0.25) is 0 Å². The van der Waals surface area contributed by atoms with Gasteiger partial charge in [-0.3, -0.25) is 4.79 Å². The van der Waals surface area contributed by atoms with Crippen molar-refractivity contribution in [3.63, 3.8) is 0 Å². The second-order valence-electron chi connectivity index (χ2n) is 16.7. The van der Waals surface area contributed by atoms with Crippen LogP contribution in [0.4, 0.5) is 0 Å². The molecule has 0 atom stereocenters. The highest BCUT2D eigenvalue weighted by Gasteiger charge is 2.09. The lowest BCUT2D eigenvalue weighted by Gasteiger charge is -1.97. The molecule has 0 spiro atoms. The molecule has 3 aromatic heterocycles. The van der Waals surface area contributed by atoms with Gasteiger partial charge in [-0.1, -0.05) is 145 Å². The van der Waals surface area contributed by atoms with Gasteiger partial charge < -0.3 is 35.7 Å². The van der Waals surface area contributed by atoms with Crippen molar-refractivity contribution in [2.24, 2.45) is 0 Å². The summed E-state index contributed by atoms with van der Waals surface area (Å²) in [6.45, 7) is 7.94. The van der Waals surface area contributed by atoms with Gasteiger partial charge in [-0.15, -0.1) is 30.6 Å². The molecule has 3 aromatic carbocycles. The van der Waals surface area contributed by atoms with Crippen molar-refractivity contribution in [1.29, 1.82) is 0 Å². The van der Waals surface area contributed by atoms with Crippen molar-refractivity contribution < 1.29 is 40.5 Å². The molecular weight excluding hydrogens is 945 g/mol. The molecule has 70 heavy (non-hydrogen) atoms. The van der Waals surface area contributed by atoms with Crippen LogP contribution in [0, 0.1) is 0 Å². The molecule has 386 valence electrons. The van der Waals surface area contributed by atoms with Gasteiger partial charge in [-0.25, -0.2) is 0 Å². The minimum Gasteiger partial charge on any atom is -0.508 e. The van der Waals surface area contributed by atoms with Crippen LogP contribution >= 0.6 is 34.0 Å². The summed E-state index contributed by atoms with van der Waals surface area (Å²) in [5.74, 6) is 0.153. The van der Waals surface area contributed by atoms with Crippen LogP contribution in [0.5, 0.6) is 17.2 Å². The topological polar surface area (TPSA) is 236 Å². The number of aliphatic hydroxyl groups excluding tert-OH is 3. The molecule has 0 amide bonds. The van der Waals surface area contributed by atoms with Gasteiger partial charge in [0.1, 0.15) is 53.4 Å². The number of phenolic OH excluding ortho intramolecular Hbond substituents is 3. The third-order valence-corrected chi connectivity index (χ3v) is 13.5. The first-order chi connectivity index (χ1) is 34.0. The van der Waals surface area contributed by atoms with Crippen LogP contribution in [0.15, 0.2) is 72.8 Å². The molecule has 0 fully saturated rings. The van der Waals surface area contributed by atoms with Gasteiger partial charge in [0.25, 0.3) is 0 Å². The van der Waals surface area contributed by atoms with Crippen molar-refractivity contribution in [2.75, 3.05) is 13.2 Å². The molecule has 0 radical (unpaired) electrons. The number of unbranched alkanes of at least 4 members (excludes halogenated alkanes) is 13. The maximum absolute atomic E-state index is 9.76. The zero-order valence-corrected chi connectivity index (χ0v) is 44.2. The maximum Gasteiger partial charge on any atom is 0.303 e. The van der Waals surface area contributed by atoms with Crippen LogP contribution in [0.2, 0.25) is 0 Å². The van der Waals surface area contributed by atoms with Gasteiger partial charge >= 0.3 is 5.97 Å². The number of aromatic nitrogens is 6. The summed E-state index contributed by atoms with van der Waals surface area (Å²) >= 11 is 4.96. The predicted octanol–water partition coefficient (Wildman–Crippen LogP) is 12.9. The number of aromatic hydroxyl groups is 3. The second kappa shape index (κ2) is 38.8. The Hall–Kier alpha value is -4.91. The Bertz CT molecular complexity index is 1960. The van der Waals surface area contributed by atoms with Crippen LogP contribution in [0.25, 0.3) is 31.7 Å². The zero-order chi connectivity index (χ0) is 51.2. The molecule has 6 aromatic rings. The summed E-state index contributed by atoms with van der Waals surface area (Å²) in [5, 5.41) is 91.4. The highest BCUT2D eigenvalue weighted by Crippen LogP contribution is 2.28. The highest BCUT2D eigenvalue weighted by atomic mass is 32.1. The molecule has 0 aliphatic carbocycles. The van der Waals surface area contributed by atoms with E-state index in [0.29, 0.717) is 6.42 Å². The van der Waals surface area contributed by atoms with Gasteiger partial charge in [0.15, 0.2) is 0 Å². The second-order valence-corrected chi connectivity index (χ2v) is 19.8. The predicted molar refractivity (Wildman–Crippen MR) is 286 cm³/mol. The number of aliphatic carboxylic acids is 1. The largest absolute Gasteiger partial charge is 0.508 e. The molecule has 7 N–H and O–H groups in total. The van der Waals surface area contributed by atoms with Crippen molar-refractivity contribution in [1.82, 2.24) is 30.6 Å². The molecule has 6 rings (SSSR count). The molecular formula is C53H78N6O8S3. The first-order valence-corrected chi connectivity index (χ1v) is 27.4. The zero-order valence-electron chi connectivity index (χ0n) is 41.7. The number of nitrogens with zero attached hydrogens (tertiary/aromatic N) is 6. The summed E-state index contributed by atoms with van der Waals surface area (Å²) in [5.41, 5.74) is 3.06. The molecule has 17 heteroatoms. The average Bonchev–Trinajstić information content (AvgIpc) is 4.17. The third-order valence-electron chi connectivity index (χ3n) is 10.4. The minimum atomic E-state index is -0.954. The van der Waals surface area contributed by atoms with Gasteiger partial charge in [0.05, 0.1) is 13.2 Å². The number of carboxylic acid groups (broad SMARTS) is 1. The van der Waals surface area contributed by atoms with E-state index in [-0.39, 0.29) is 30.5 Å². The number of carbonyl (C=O) groups is 1. The Morgan fingerprint density at radius 2 is 0.700 bits per heavy atom. The summed E-state index contributed by atoms with van der Waals surface area (Å²) in [4.78, 5) is 9.76. The summed E-state index contributed by atoms with van der Waals surface area (Å²) in [7, 11) is 0. The van der Waals surface area contributed by atoms with Gasteiger partial charge in [0, 0.05) is 42.4 Å². The molecule has 0 unspecified atom stereocenters. The number of rotatable bonds is 26. The normalized spacial score (nSPS) is 10.5. The molecule has 0 saturated heterocycles. The number of aliphatic hydroxyl groups is 3. The van der Waals surface area contributed by atoms with Crippen molar-refractivity contribution in [3.05, 3.63) is 87.8 Å². The lowest BCUT2D eigenvalue weighted by Crippen LogP contribution is -2.15. The highest BCUT2D eigenvalue weighted by molar-refractivity contribution is 7.15. The standard InChI is InChI=1S/3C15H20N2OS.C5H10O2.C3H8O3/c3*1-2-3-4-5-6-7-14-16-17-15(19-14)12-8-10-13(18)11-9-12;1-2-3-4-5(6)7;4-1-3(6)2-5/h3*8-11,18H,2-7H2,1H3;2-4H2,1H3,(H,6,7);3-6H,1-2H2. The van der Waals surface area contributed by atoms with E-state index in [9.17, 15) is 20.1 Å². The molecule has 0 aliphatic rings. The van der Waals surface area contributed by atoms with Gasteiger partial charge in [-0.2, -0.15) is 0 Å². The fourth-order valence-electron chi connectivity index (χ4n) is 6.25. The SMILES string of the molecule is CCCCC(=O)O.CCCCCCCc1nnc(-c2ccc(O)cc2)s1.CCCCCCCc1nnc(-c2ccc(O)cc2)s1.CCCCCCCc1nnc(-c2ccc(O)cc2)s1.OCC(O)CO. The number of hydrogen-bond donors (Lipinski definition) is 7. The quantitative estimate of drug-likeness (QED) is 0.0250. The van der Waals surface area contributed by atoms with Gasteiger partial charge in [-0.05, 0) is 98.5 Å². The fourth-order valence-corrected chi connectivity index (χ4v) is 8.91. The van der Waals surface area contributed by atoms with E-state index >= 15 is 0 Å². The minimum absolute atomic E-state index is 0.282. The number of phenols is 3. The molecule has 3 heterocycles. The number of carboxylic acids is 1. The van der Waals surface area contributed by atoms with Crippen LogP contribution in [0.3, 0.4) is 0 Å². The van der Waals surface area contributed by atoms with E-state index in [0.717, 1.165) is 78.8 Å². The molecule has 14 nitrogen and oxygen atoms in total. The monoisotopic (exact) mass is 1020 g/mol. The van der Waals surface area contributed by atoms with Crippen LogP contribution < -0.4 is 0 Å². The first-order valence-electron chi connectivity index (χ1n) is 24.9.